The van der Waals surface area contributed by atoms with Crippen molar-refractivity contribution in [3.8, 4) is 0 Å². The van der Waals surface area contributed by atoms with Gasteiger partial charge in [-0.3, -0.25) is 5.32 Å². The second-order valence-electron chi connectivity index (χ2n) is 6.28. The van der Waals surface area contributed by atoms with E-state index in [2.05, 4.69) is 5.32 Å². The van der Waals surface area contributed by atoms with Gasteiger partial charge in [0, 0.05) is 25.4 Å². The van der Waals surface area contributed by atoms with E-state index in [0.29, 0.717) is 19.7 Å². The molecule has 0 radical (unpaired) electrons. The van der Waals surface area contributed by atoms with E-state index >= 15 is 0 Å². The van der Waals surface area contributed by atoms with Gasteiger partial charge in [-0.2, -0.15) is 0 Å². The highest BCUT2D eigenvalue weighted by molar-refractivity contribution is 5.85. The van der Waals surface area contributed by atoms with Crippen LogP contribution in [0.25, 0.3) is 0 Å². The van der Waals surface area contributed by atoms with Gasteiger partial charge in [0.25, 0.3) is 0 Å². The summed E-state index contributed by atoms with van der Waals surface area (Å²) in [6.45, 7) is 3.36. The molecule has 1 aliphatic rings. The Kier molecular flexibility index (Phi) is 6.78. The maximum atomic E-state index is 14.4. The van der Waals surface area contributed by atoms with Crippen LogP contribution in [-0.2, 0) is 20.8 Å². The number of carbonyl (C=O) groups excluding carboxylic acids is 1. The maximum Gasteiger partial charge on any atom is 0.411 e. The lowest BCUT2D eigenvalue weighted by molar-refractivity contribution is -0.0931. The number of ether oxygens (including phenoxy) is 3. The normalized spacial score (nSPS) is 13.9. The Balaban J connectivity index is 1.53. The average Bonchev–Trinajstić information content (AvgIpc) is 2.64. The number of rotatable bonds is 8. The molecule has 2 aromatic carbocycles. The Morgan fingerprint density at radius 3 is 2.50 bits per heavy atom. The molecule has 28 heavy (non-hydrogen) atoms. The zero-order valence-corrected chi connectivity index (χ0v) is 15.5. The van der Waals surface area contributed by atoms with Crippen LogP contribution in [-0.4, -0.2) is 38.7 Å². The number of nitrogens with zero attached hydrogens (tertiary/aromatic N) is 1. The van der Waals surface area contributed by atoms with Crippen LogP contribution in [0.5, 0.6) is 0 Å². The molecule has 8 heteroatoms. The summed E-state index contributed by atoms with van der Waals surface area (Å²) in [5, 5.41) is 2.34. The number of carbonyl (C=O) groups is 1. The van der Waals surface area contributed by atoms with Gasteiger partial charge in [-0.1, -0.05) is 30.3 Å². The molecule has 1 amide bonds. The van der Waals surface area contributed by atoms with E-state index in [1.54, 1.807) is 17.0 Å². The predicted molar refractivity (Wildman–Crippen MR) is 100 cm³/mol. The highest BCUT2D eigenvalue weighted by Gasteiger charge is 2.31. The molecule has 3 rings (SSSR count). The molecule has 0 spiro atoms. The number of nitrogens with one attached hydrogen (secondary N) is 1. The highest BCUT2D eigenvalue weighted by Crippen LogP contribution is 2.31. The van der Waals surface area contributed by atoms with Gasteiger partial charge in [-0.05, 0) is 24.6 Å². The van der Waals surface area contributed by atoms with Crippen LogP contribution >= 0.6 is 0 Å². The molecule has 1 fully saturated rings. The van der Waals surface area contributed by atoms with Crippen molar-refractivity contribution in [2.45, 2.75) is 19.6 Å². The molecule has 0 atom stereocenters. The quantitative estimate of drug-likeness (QED) is 0.545. The maximum absolute atomic E-state index is 14.4. The molecule has 0 aliphatic carbocycles. The van der Waals surface area contributed by atoms with E-state index in [0.717, 1.165) is 17.7 Å². The molecule has 2 aromatic rings. The molecular formula is C20H22F2N2O4. The molecule has 0 aromatic heterocycles. The van der Waals surface area contributed by atoms with E-state index in [-0.39, 0.29) is 30.9 Å². The third-order valence-electron chi connectivity index (χ3n) is 4.23. The lowest BCUT2D eigenvalue weighted by atomic mass is 10.1. The van der Waals surface area contributed by atoms with E-state index in [4.69, 9.17) is 14.2 Å². The molecule has 1 saturated heterocycles. The third kappa shape index (κ3) is 5.17. The number of hydrogen-bond donors (Lipinski definition) is 1. The van der Waals surface area contributed by atoms with Crippen molar-refractivity contribution in [1.29, 1.82) is 0 Å². The second kappa shape index (κ2) is 9.48. The first-order chi connectivity index (χ1) is 13.6. The molecule has 0 unspecified atom stereocenters. The van der Waals surface area contributed by atoms with Gasteiger partial charge in [0.1, 0.15) is 19.1 Å². The molecule has 6 nitrogen and oxygen atoms in total. The van der Waals surface area contributed by atoms with Crippen molar-refractivity contribution in [3.05, 3.63) is 59.7 Å². The van der Waals surface area contributed by atoms with Crippen molar-refractivity contribution in [2.75, 3.05) is 36.7 Å². The van der Waals surface area contributed by atoms with Gasteiger partial charge in [-0.15, -0.1) is 0 Å². The number of hydrogen-bond acceptors (Lipinski definition) is 5. The fraction of sp³-hybridized carbons (Fsp3) is 0.350. The smallest absolute Gasteiger partial charge is 0.411 e. The summed E-state index contributed by atoms with van der Waals surface area (Å²) in [4.78, 5) is 13.4. The number of amides is 1. The van der Waals surface area contributed by atoms with Crippen LogP contribution < -0.4 is 10.2 Å². The molecule has 0 saturated carbocycles. The van der Waals surface area contributed by atoms with Crippen LogP contribution in [0.4, 0.5) is 25.0 Å². The van der Waals surface area contributed by atoms with Gasteiger partial charge < -0.3 is 19.1 Å². The predicted octanol–water partition coefficient (Wildman–Crippen LogP) is 3.91. The Labute approximate surface area is 162 Å². The minimum Gasteiger partial charge on any atom is -0.444 e. The van der Waals surface area contributed by atoms with E-state index < -0.39 is 17.7 Å². The van der Waals surface area contributed by atoms with Crippen molar-refractivity contribution >= 4 is 17.5 Å². The number of benzene rings is 2. The monoisotopic (exact) mass is 392 g/mol. The van der Waals surface area contributed by atoms with Gasteiger partial charge in [0.2, 0.25) is 0 Å². The Bertz CT molecular complexity index is 775. The first kappa shape index (κ1) is 20.0. The summed E-state index contributed by atoms with van der Waals surface area (Å²) in [5.74, 6) is -1.52. The summed E-state index contributed by atoms with van der Waals surface area (Å²) in [7, 11) is 0. The largest absolute Gasteiger partial charge is 0.444 e. The van der Waals surface area contributed by atoms with Crippen molar-refractivity contribution in [3.63, 3.8) is 0 Å². The Morgan fingerprint density at radius 2 is 1.86 bits per heavy atom. The van der Waals surface area contributed by atoms with Crippen molar-refractivity contribution < 1.29 is 27.8 Å². The van der Waals surface area contributed by atoms with Gasteiger partial charge >= 0.3 is 6.09 Å². The second-order valence-corrected chi connectivity index (χ2v) is 6.28. The summed E-state index contributed by atoms with van der Waals surface area (Å²) in [5.41, 5.74) is 0.658. The molecule has 0 bridgehead atoms. The summed E-state index contributed by atoms with van der Waals surface area (Å²) >= 11 is 0. The van der Waals surface area contributed by atoms with Crippen LogP contribution in [0, 0.1) is 11.6 Å². The fourth-order valence-corrected chi connectivity index (χ4v) is 2.77. The lowest BCUT2D eigenvalue weighted by Gasteiger charge is -2.40. The third-order valence-corrected chi connectivity index (χ3v) is 4.23. The van der Waals surface area contributed by atoms with E-state index in [1.807, 2.05) is 25.1 Å². The fourth-order valence-electron chi connectivity index (χ4n) is 2.77. The van der Waals surface area contributed by atoms with E-state index in [9.17, 15) is 13.6 Å². The SMILES string of the molecule is CCOCOC1CN(c2c(F)cc(NC(=O)OCc3ccccc3)cc2F)C1. The Hall–Kier alpha value is -2.71. The first-order valence-corrected chi connectivity index (χ1v) is 8.98. The molecule has 1 heterocycles. The van der Waals surface area contributed by atoms with Crippen LogP contribution in [0.2, 0.25) is 0 Å². The lowest BCUT2D eigenvalue weighted by Crippen LogP contribution is -2.53. The van der Waals surface area contributed by atoms with Crippen LogP contribution in [0.15, 0.2) is 42.5 Å². The van der Waals surface area contributed by atoms with Crippen LogP contribution in [0.3, 0.4) is 0 Å². The average molecular weight is 392 g/mol. The van der Waals surface area contributed by atoms with Gasteiger partial charge in [-0.25, -0.2) is 13.6 Å². The van der Waals surface area contributed by atoms with Crippen molar-refractivity contribution in [2.24, 2.45) is 0 Å². The summed E-state index contributed by atoms with van der Waals surface area (Å²) in [6.07, 6.45) is -0.917. The summed E-state index contributed by atoms with van der Waals surface area (Å²) < 4.78 is 44.3. The summed E-state index contributed by atoms with van der Waals surface area (Å²) in [6, 6.07) is 11.2. The standard InChI is InChI=1S/C20H22F2N2O4/c1-2-26-13-28-16-10-24(11-16)19-17(21)8-15(9-18(19)22)23-20(25)27-12-14-6-4-3-5-7-14/h3-9,16H,2,10-13H2,1H3,(H,23,25). The topological polar surface area (TPSA) is 60.0 Å². The minimum atomic E-state index is -0.788. The van der Waals surface area contributed by atoms with Gasteiger partial charge in [0.15, 0.2) is 11.6 Å². The highest BCUT2D eigenvalue weighted by atomic mass is 19.1. The molecule has 150 valence electrons. The van der Waals surface area contributed by atoms with Gasteiger partial charge in [0.05, 0.1) is 6.10 Å². The van der Waals surface area contributed by atoms with E-state index in [1.165, 1.54) is 0 Å². The zero-order valence-electron chi connectivity index (χ0n) is 15.5. The Morgan fingerprint density at radius 1 is 1.18 bits per heavy atom. The minimum absolute atomic E-state index is 0.0125. The van der Waals surface area contributed by atoms with Crippen LogP contribution in [0.1, 0.15) is 12.5 Å². The first-order valence-electron chi connectivity index (χ1n) is 8.98. The number of halogens is 2. The zero-order chi connectivity index (χ0) is 19.9. The molecule has 1 N–H and O–H groups in total. The molecular weight excluding hydrogens is 370 g/mol. The van der Waals surface area contributed by atoms with Crippen molar-refractivity contribution in [1.82, 2.24) is 0 Å². The molecule has 1 aliphatic heterocycles. The number of anilines is 2.